The van der Waals surface area contributed by atoms with E-state index in [2.05, 4.69) is 31.3 Å². The van der Waals surface area contributed by atoms with Crippen LogP contribution in [-0.4, -0.2) is 0 Å². The molecule has 108 valence electrons. The summed E-state index contributed by atoms with van der Waals surface area (Å²) in [6.45, 7) is 4.88. The Labute approximate surface area is 129 Å². The predicted molar refractivity (Wildman–Crippen MR) is 89.1 cm³/mol. The summed E-state index contributed by atoms with van der Waals surface area (Å²) in [5.41, 5.74) is 4.30. The van der Waals surface area contributed by atoms with Crippen molar-refractivity contribution in [1.29, 1.82) is 0 Å². The van der Waals surface area contributed by atoms with Crippen LogP contribution in [0.5, 0.6) is 0 Å². The summed E-state index contributed by atoms with van der Waals surface area (Å²) in [5, 5.41) is 5.38. The van der Waals surface area contributed by atoms with E-state index in [9.17, 15) is 0 Å². The Morgan fingerprint density at radius 2 is 1.90 bits per heavy atom. The van der Waals surface area contributed by atoms with E-state index in [0.717, 1.165) is 34.0 Å². The molecule has 1 heterocycles. The van der Waals surface area contributed by atoms with Crippen molar-refractivity contribution in [1.82, 2.24) is 0 Å². The summed E-state index contributed by atoms with van der Waals surface area (Å²) in [6, 6.07) is 14.1. The fourth-order valence-corrected chi connectivity index (χ4v) is 2.95. The zero-order valence-corrected chi connectivity index (χ0v) is 13.0. The molecule has 3 rings (SSSR count). The molecule has 0 fully saturated rings. The average molecular weight is 300 g/mol. The molecule has 0 spiro atoms. The molecule has 0 unspecified atom stereocenters. The first kappa shape index (κ1) is 14.0. The van der Waals surface area contributed by atoms with Crippen molar-refractivity contribution in [2.45, 2.75) is 26.8 Å². The summed E-state index contributed by atoms with van der Waals surface area (Å²) in [4.78, 5) is 0. The standard InChI is InChI=1S/C18H18ClNO/c1-3-16-14(13-8-4-5-10-17(13)21-16)11-20-18-12(2)7-6-9-15(18)19/h4-10,20H,3,11H2,1-2H3. The van der Waals surface area contributed by atoms with Gasteiger partial charge in [-0.15, -0.1) is 0 Å². The number of nitrogens with one attached hydrogen (secondary N) is 1. The van der Waals surface area contributed by atoms with Gasteiger partial charge in [0.15, 0.2) is 0 Å². The minimum atomic E-state index is 0.713. The molecule has 1 aromatic heterocycles. The molecule has 0 atom stereocenters. The van der Waals surface area contributed by atoms with Crippen LogP contribution in [0.2, 0.25) is 5.02 Å². The number of hydrogen-bond acceptors (Lipinski definition) is 2. The van der Waals surface area contributed by atoms with Crippen molar-refractivity contribution in [3.05, 3.63) is 64.4 Å². The largest absolute Gasteiger partial charge is 0.461 e. The third kappa shape index (κ3) is 2.64. The molecular weight excluding hydrogens is 282 g/mol. The van der Waals surface area contributed by atoms with Crippen molar-refractivity contribution >= 4 is 28.3 Å². The first-order chi connectivity index (χ1) is 10.2. The number of hydrogen-bond donors (Lipinski definition) is 1. The minimum Gasteiger partial charge on any atom is -0.461 e. The molecule has 3 aromatic rings. The van der Waals surface area contributed by atoms with Crippen molar-refractivity contribution in [2.75, 3.05) is 5.32 Å². The molecule has 0 saturated heterocycles. The fourth-order valence-electron chi connectivity index (χ4n) is 2.66. The molecule has 21 heavy (non-hydrogen) atoms. The zero-order chi connectivity index (χ0) is 14.8. The van der Waals surface area contributed by atoms with Gasteiger partial charge in [0.05, 0.1) is 10.7 Å². The predicted octanol–water partition coefficient (Wildman–Crippen LogP) is 5.57. The Balaban J connectivity index is 1.95. The second kappa shape index (κ2) is 5.82. The van der Waals surface area contributed by atoms with Crippen LogP contribution in [0.4, 0.5) is 5.69 Å². The summed E-state index contributed by atoms with van der Waals surface area (Å²) < 4.78 is 5.92. The van der Waals surface area contributed by atoms with E-state index < -0.39 is 0 Å². The number of benzene rings is 2. The lowest BCUT2D eigenvalue weighted by Crippen LogP contribution is -2.03. The second-order valence-electron chi connectivity index (χ2n) is 5.14. The Morgan fingerprint density at radius 3 is 2.67 bits per heavy atom. The Hall–Kier alpha value is -1.93. The monoisotopic (exact) mass is 299 g/mol. The average Bonchev–Trinajstić information content (AvgIpc) is 2.85. The zero-order valence-electron chi connectivity index (χ0n) is 12.2. The topological polar surface area (TPSA) is 25.2 Å². The molecule has 0 saturated carbocycles. The molecule has 1 N–H and O–H groups in total. The maximum absolute atomic E-state index is 6.28. The van der Waals surface area contributed by atoms with Gasteiger partial charge < -0.3 is 9.73 Å². The quantitative estimate of drug-likeness (QED) is 0.681. The smallest absolute Gasteiger partial charge is 0.134 e. The number of anilines is 1. The van der Waals surface area contributed by atoms with E-state index >= 15 is 0 Å². The van der Waals surface area contributed by atoms with Crippen molar-refractivity contribution in [3.63, 3.8) is 0 Å². The highest BCUT2D eigenvalue weighted by atomic mass is 35.5. The van der Waals surface area contributed by atoms with E-state index in [1.54, 1.807) is 0 Å². The molecule has 0 aliphatic carbocycles. The normalized spacial score (nSPS) is 11.0. The van der Waals surface area contributed by atoms with Crippen LogP contribution < -0.4 is 5.32 Å². The summed E-state index contributed by atoms with van der Waals surface area (Å²) in [5.74, 6) is 1.04. The molecule has 0 aliphatic rings. The number of halogens is 1. The van der Waals surface area contributed by atoms with E-state index in [0.29, 0.717) is 6.54 Å². The Bertz CT molecular complexity index is 756. The van der Waals surface area contributed by atoms with E-state index in [-0.39, 0.29) is 0 Å². The molecule has 0 aliphatic heterocycles. The summed E-state index contributed by atoms with van der Waals surface area (Å²) >= 11 is 6.28. The third-order valence-corrected chi connectivity index (χ3v) is 4.08. The van der Waals surface area contributed by atoms with Crippen LogP contribution in [0, 0.1) is 6.92 Å². The van der Waals surface area contributed by atoms with Gasteiger partial charge in [-0.3, -0.25) is 0 Å². The fraction of sp³-hybridized carbons (Fsp3) is 0.222. The van der Waals surface area contributed by atoms with Gasteiger partial charge in [-0.1, -0.05) is 48.9 Å². The number of para-hydroxylation sites is 2. The SMILES string of the molecule is CCc1oc2ccccc2c1CNc1c(C)cccc1Cl. The minimum absolute atomic E-state index is 0.713. The highest BCUT2D eigenvalue weighted by molar-refractivity contribution is 6.33. The van der Waals surface area contributed by atoms with Crippen LogP contribution in [0.3, 0.4) is 0 Å². The Morgan fingerprint density at radius 1 is 1.10 bits per heavy atom. The molecule has 2 aromatic carbocycles. The van der Waals surface area contributed by atoms with Crippen LogP contribution >= 0.6 is 11.6 Å². The third-order valence-electron chi connectivity index (χ3n) is 3.77. The van der Waals surface area contributed by atoms with Gasteiger partial charge in [0.25, 0.3) is 0 Å². The van der Waals surface area contributed by atoms with Crippen molar-refractivity contribution in [3.8, 4) is 0 Å². The lowest BCUT2D eigenvalue weighted by Gasteiger charge is -2.11. The number of fused-ring (bicyclic) bond motifs is 1. The highest BCUT2D eigenvalue weighted by Crippen LogP contribution is 2.30. The van der Waals surface area contributed by atoms with E-state index in [1.807, 2.05) is 30.3 Å². The van der Waals surface area contributed by atoms with Crippen LogP contribution in [0.25, 0.3) is 11.0 Å². The molecule has 2 nitrogen and oxygen atoms in total. The van der Waals surface area contributed by atoms with Gasteiger partial charge in [0, 0.05) is 23.9 Å². The van der Waals surface area contributed by atoms with Gasteiger partial charge in [-0.05, 0) is 24.6 Å². The van der Waals surface area contributed by atoms with Crippen LogP contribution in [-0.2, 0) is 13.0 Å². The molecule has 0 radical (unpaired) electrons. The maximum Gasteiger partial charge on any atom is 0.134 e. The van der Waals surface area contributed by atoms with Crippen molar-refractivity contribution < 1.29 is 4.42 Å². The van der Waals surface area contributed by atoms with Gasteiger partial charge >= 0.3 is 0 Å². The first-order valence-electron chi connectivity index (χ1n) is 7.19. The number of furan rings is 1. The first-order valence-corrected chi connectivity index (χ1v) is 7.56. The second-order valence-corrected chi connectivity index (χ2v) is 5.55. The molecular formula is C18H18ClNO. The number of aryl methyl sites for hydroxylation is 2. The maximum atomic E-state index is 6.28. The van der Waals surface area contributed by atoms with E-state index in [1.165, 1.54) is 10.9 Å². The Kier molecular flexibility index (Phi) is 3.89. The lowest BCUT2D eigenvalue weighted by molar-refractivity contribution is 0.551. The van der Waals surface area contributed by atoms with Gasteiger partial charge in [0.1, 0.15) is 11.3 Å². The van der Waals surface area contributed by atoms with Crippen molar-refractivity contribution in [2.24, 2.45) is 0 Å². The molecule has 3 heteroatoms. The summed E-state index contributed by atoms with van der Waals surface area (Å²) in [7, 11) is 0. The van der Waals surface area contributed by atoms with Crippen LogP contribution in [0.15, 0.2) is 46.9 Å². The summed E-state index contributed by atoms with van der Waals surface area (Å²) in [6.07, 6.45) is 0.882. The van der Waals surface area contributed by atoms with Crippen LogP contribution in [0.1, 0.15) is 23.8 Å². The highest BCUT2D eigenvalue weighted by Gasteiger charge is 2.13. The molecule has 0 bridgehead atoms. The van der Waals surface area contributed by atoms with Gasteiger partial charge in [-0.25, -0.2) is 0 Å². The van der Waals surface area contributed by atoms with E-state index in [4.69, 9.17) is 16.0 Å². The molecule has 0 amide bonds. The number of rotatable bonds is 4. The van der Waals surface area contributed by atoms with Gasteiger partial charge in [0.2, 0.25) is 0 Å². The lowest BCUT2D eigenvalue weighted by atomic mass is 10.1. The van der Waals surface area contributed by atoms with Gasteiger partial charge in [-0.2, -0.15) is 0 Å².